The van der Waals surface area contributed by atoms with E-state index in [9.17, 15) is 9.90 Å². The number of nitrogens with one attached hydrogen (secondary N) is 1. The van der Waals surface area contributed by atoms with Crippen LogP contribution in [0, 0.1) is 19.8 Å². The van der Waals surface area contributed by atoms with E-state index in [1.54, 1.807) is 0 Å². The van der Waals surface area contributed by atoms with Gasteiger partial charge in [0.15, 0.2) is 12.1 Å². The molecule has 1 aromatic rings. The first-order valence-corrected chi connectivity index (χ1v) is 8.57. The van der Waals surface area contributed by atoms with Gasteiger partial charge < -0.3 is 15.2 Å². The monoisotopic (exact) mass is 319 g/mol. The maximum Gasteiger partial charge on any atom is 0.187 e. The van der Waals surface area contributed by atoms with Crippen LogP contribution in [-0.2, 0) is 9.53 Å². The molecule has 4 nitrogen and oxygen atoms in total. The lowest BCUT2D eigenvalue weighted by atomic mass is 10.1. The Labute approximate surface area is 134 Å². The van der Waals surface area contributed by atoms with Crippen LogP contribution in [-0.4, -0.2) is 29.5 Å². The van der Waals surface area contributed by atoms with Gasteiger partial charge in [0.1, 0.15) is 0 Å². The van der Waals surface area contributed by atoms with Crippen molar-refractivity contribution in [1.82, 2.24) is 0 Å². The van der Waals surface area contributed by atoms with Gasteiger partial charge in [0.05, 0.1) is 23.0 Å². The summed E-state index contributed by atoms with van der Waals surface area (Å²) in [5.74, 6) is 0.849. The average molecular weight is 319 g/mol. The molecular formula is C17H21NO3S. The standard InChI is InChI=1S/C17H21NO3S/c1-10-3-6-13(7-11(10)2)18-16-15(14(19)9-22-16)17(20)21-8-12-4-5-12/h3,6-7,12,17-18,20H,4-5,8-9H2,1-2H3. The Bertz CT molecular complexity index is 622. The zero-order valence-corrected chi connectivity index (χ0v) is 13.7. The molecule has 0 radical (unpaired) electrons. The first kappa shape index (κ1) is 15.6. The zero-order valence-electron chi connectivity index (χ0n) is 12.9. The second-order valence-corrected chi connectivity index (χ2v) is 6.99. The molecule has 1 saturated carbocycles. The number of benzene rings is 1. The van der Waals surface area contributed by atoms with E-state index in [4.69, 9.17) is 4.74 Å². The van der Waals surface area contributed by atoms with Crippen molar-refractivity contribution >= 4 is 23.2 Å². The van der Waals surface area contributed by atoms with Gasteiger partial charge in [-0.05, 0) is 55.9 Å². The number of ether oxygens (including phenoxy) is 1. The van der Waals surface area contributed by atoms with Crippen LogP contribution >= 0.6 is 11.8 Å². The van der Waals surface area contributed by atoms with Gasteiger partial charge in [-0.15, -0.1) is 0 Å². The molecular weight excluding hydrogens is 298 g/mol. The fraction of sp³-hybridized carbons (Fsp3) is 0.471. The minimum Gasteiger partial charge on any atom is -0.364 e. The third-order valence-electron chi connectivity index (χ3n) is 4.09. The number of anilines is 1. The van der Waals surface area contributed by atoms with Crippen molar-refractivity contribution in [2.24, 2.45) is 5.92 Å². The van der Waals surface area contributed by atoms with Crippen LogP contribution in [0.25, 0.3) is 0 Å². The fourth-order valence-corrected chi connectivity index (χ4v) is 3.31. The summed E-state index contributed by atoms with van der Waals surface area (Å²) in [6.07, 6.45) is 1.18. The maximum absolute atomic E-state index is 12.0. The molecule has 1 heterocycles. The average Bonchev–Trinajstić information content (AvgIpc) is 3.24. The second-order valence-electron chi connectivity index (χ2n) is 6.01. The Morgan fingerprint density at radius 1 is 1.36 bits per heavy atom. The minimum atomic E-state index is -1.13. The molecule has 0 amide bonds. The Hall–Kier alpha value is -1.30. The lowest BCUT2D eigenvalue weighted by Gasteiger charge is -2.15. The van der Waals surface area contributed by atoms with Crippen LogP contribution in [0.4, 0.5) is 5.69 Å². The van der Waals surface area contributed by atoms with Crippen LogP contribution in [0.3, 0.4) is 0 Å². The maximum atomic E-state index is 12.0. The highest BCUT2D eigenvalue weighted by Crippen LogP contribution is 2.34. The molecule has 2 N–H and O–H groups in total. The molecule has 0 saturated heterocycles. The Morgan fingerprint density at radius 3 is 2.82 bits per heavy atom. The smallest absolute Gasteiger partial charge is 0.187 e. The van der Waals surface area contributed by atoms with E-state index in [-0.39, 0.29) is 5.78 Å². The molecule has 1 fully saturated rings. The highest BCUT2D eigenvalue weighted by Gasteiger charge is 2.32. The van der Waals surface area contributed by atoms with Gasteiger partial charge in [0.2, 0.25) is 0 Å². The first-order chi connectivity index (χ1) is 10.5. The van der Waals surface area contributed by atoms with E-state index in [2.05, 4.69) is 19.2 Å². The minimum absolute atomic E-state index is 0.0559. The predicted octanol–water partition coefficient (Wildman–Crippen LogP) is 2.99. The number of aryl methyl sites for hydroxylation is 2. The topological polar surface area (TPSA) is 58.6 Å². The molecule has 1 aromatic carbocycles. The Morgan fingerprint density at radius 2 is 2.14 bits per heavy atom. The number of Topliss-reactive ketones (excluding diaryl/α,β-unsaturated/α-hetero) is 1. The quantitative estimate of drug-likeness (QED) is 0.790. The van der Waals surface area contributed by atoms with E-state index in [1.165, 1.54) is 22.9 Å². The van der Waals surface area contributed by atoms with E-state index < -0.39 is 6.29 Å². The van der Waals surface area contributed by atoms with Gasteiger partial charge in [-0.1, -0.05) is 17.8 Å². The highest BCUT2D eigenvalue weighted by molar-refractivity contribution is 8.04. The fourth-order valence-electron chi connectivity index (χ4n) is 2.32. The molecule has 1 atom stereocenters. The third kappa shape index (κ3) is 3.54. The van der Waals surface area contributed by atoms with Crippen LogP contribution in [0.15, 0.2) is 28.8 Å². The summed E-state index contributed by atoms with van der Waals surface area (Å²) in [4.78, 5) is 12.0. The number of aliphatic hydroxyl groups excluding tert-OH is 1. The number of rotatable bonds is 6. The van der Waals surface area contributed by atoms with Crippen molar-refractivity contribution in [1.29, 1.82) is 0 Å². The van der Waals surface area contributed by atoms with Gasteiger partial charge >= 0.3 is 0 Å². The van der Waals surface area contributed by atoms with Crippen LogP contribution in [0.2, 0.25) is 0 Å². The molecule has 2 aliphatic rings. The van der Waals surface area contributed by atoms with Crippen molar-refractivity contribution in [3.05, 3.63) is 39.9 Å². The molecule has 3 rings (SSSR count). The van der Waals surface area contributed by atoms with Gasteiger partial charge in [-0.25, -0.2) is 0 Å². The number of carbonyl (C=O) groups is 1. The van der Waals surface area contributed by atoms with E-state index in [1.807, 2.05) is 18.2 Å². The summed E-state index contributed by atoms with van der Waals surface area (Å²) in [5, 5.41) is 14.1. The van der Waals surface area contributed by atoms with Crippen molar-refractivity contribution in [2.45, 2.75) is 33.0 Å². The number of thioether (sulfide) groups is 1. The summed E-state index contributed by atoms with van der Waals surface area (Å²) < 4.78 is 5.45. The second kappa shape index (κ2) is 6.44. The normalized spacial score (nSPS) is 19.7. The summed E-state index contributed by atoms with van der Waals surface area (Å²) in [6.45, 7) is 4.64. The molecule has 0 bridgehead atoms. The van der Waals surface area contributed by atoms with Crippen molar-refractivity contribution in [3.63, 3.8) is 0 Å². The Balaban J connectivity index is 1.75. The molecule has 1 unspecified atom stereocenters. The molecule has 1 aliphatic heterocycles. The molecule has 22 heavy (non-hydrogen) atoms. The number of hydrogen-bond acceptors (Lipinski definition) is 5. The third-order valence-corrected chi connectivity index (χ3v) is 5.11. The molecule has 1 aliphatic carbocycles. The highest BCUT2D eigenvalue weighted by atomic mass is 32.2. The first-order valence-electron chi connectivity index (χ1n) is 7.58. The van der Waals surface area contributed by atoms with Gasteiger partial charge in [-0.2, -0.15) is 0 Å². The molecule has 118 valence electrons. The summed E-state index contributed by atoms with van der Waals surface area (Å²) in [6, 6.07) is 6.06. The molecule has 0 spiro atoms. The number of ketones is 1. The molecule has 5 heteroatoms. The summed E-state index contributed by atoms with van der Waals surface area (Å²) in [5.41, 5.74) is 3.70. The summed E-state index contributed by atoms with van der Waals surface area (Å²) >= 11 is 1.42. The number of aliphatic hydroxyl groups is 1. The Kier molecular flexibility index (Phi) is 4.57. The predicted molar refractivity (Wildman–Crippen MR) is 88.7 cm³/mol. The van der Waals surface area contributed by atoms with E-state index >= 15 is 0 Å². The lowest BCUT2D eigenvalue weighted by molar-refractivity contribution is -0.120. The largest absolute Gasteiger partial charge is 0.364 e. The van der Waals surface area contributed by atoms with Crippen molar-refractivity contribution in [2.75, 3.05) is 17.7 Å². The summed E-state index contributed by atoms with van der Waals surface area (Å²) in [7, 11) is 0. The van der Waals surface area contributed by atoms with Crippen molar-refractivity contribution < 1.29 is 14.6 Å². The number of carbonyl (C=O) groups excluding carboxylic acids is 1. The SMILES string of the molecule is Cc1ccc(NC2=C(C(O)OCC3CC3)C(=O)CS2)cc1C. The zero-order chi connectivity index (χ0) is 15.7. The van der Waals surface area contributed by atoms with Crippen molar-refractivity contribution in [3.8, 4) is 0 Å². The van der Waals surface area contributed by atoms with Gasteiger partial charge in [-0.3, -0.25) is 4.79 Å². The van der Waals surface area contributed by atoms with E-state index in [0.29, 0.717) is 28.9 Å². The lowest BCUT2D eigenvalue weighted by Crippen LogP contribution is -2.22. The van der Waals surface area contributed by atoms with Crippen LogP contribution < -0.4 is 5.32 Å². The number of hydrogen-bond donors (Lipinski definition) is 2. The van der Waals surface area contributed by atoms with Gasteiger partial charge in [0.25, 0.3) is 0 Å². The van der Waals surface area contributed by atoms with Gasteiger partial charge in [0, 0.05) is 5.69 Å². The molecule has 0 aromatic heterocycles. The van der Waals surface area contributed by atoms with E-state index in [0.717, 1.165) is 18.5 Å². The van der Waals surface area contributed by atoms with Crippen LogP contribution in [0.5, 0.6) is 0 Å². The van der Waals surface area contributed by atoms with Crippen LogP contribution in [0.1, 0.15) is 24.0 Å².